The molecule has 0 aliphatic heterocycles. The van der Waals surface area contributed by atoms with E-state index in [1.807, 2.05) is 0 Å². The first-order valence-electron chi connectivity index (χ1n) is 4.51. The van der Waals surface area contributed by atoms with E-state index >= 15 is 0 Å². The summed E-state index contributed by atoms with van der Waals surface area (Å²) in [7, 11) is -14.0. The van der Waals surface area contributed by atoms with E-state index in [1.54, 1.807) is 0 Å². The van der Waals surface area contributed by atoms with Gasteiger partial charge in [-0.3, -0.25) is 13.7 Å². The third kappa shape index (κ3) is 13.9. The quantitative estimate of drug-likeness (QED) is 0.421. The summed E-state index contributed by atoms with van der Waals surface area (Å²) in [6.07, 6.45) is -2.48. The van der Waals surface area contributed by atoms with Gasteiger partial charge in [-0.05, 0) is 6.42 Å². The molecule has 0 heterocycles. The molecule has 0 spiro atoms. The third-order valence-corrected chi connectivity index (χ3v) is 3.36. The smallest absolute Gasteiger partial charge is 0.286 e. The molecule has 116 valence electrons. The van der Waals surface area contributed by atoms with Crippen LogP contribution < -0.4 is 0 Å². The van der Waals surface area contributed by atoms with Crippen LogP contribution in [0.2, 0.25) is 0 Å². The molecule has 0 aliphatic carbocycles. The Bertz CT molecular complexity index is 570. The van der Waals surface area contributed by atoms with Crippen molar-refractivity contribution in [3.63, 3.8) is 0 Å². The second-order valence-corrected chi connectivity index (χ2v) is 6.97. The van der Waals surface area contributed by atoms with Gasteiger partial charge in [-0.1, -0.05) is 0 Å². The van der Waals surface area contributed by atoms with Crippen LogP contribution in [0.4, 0.5) is 0 Å². The summed E-state index contributed by atoms with van der Waals surface area (Å²) < 4.78 is 95.2. The second kappa shape index (κ2) is 6.89. The zero-order valence-corrected chi connectivity index (χ0v) is 11.7. The lowest BCUT2D eigenvalue weighted by Crippen LogP contribution is -2.23. The molecular formula is C5H12O11S3. The monoisotopic (exact) mass is 344 g/mol. The molecule has 0 radical (unpaired) electrons. The average molecular weight is 344 g/mol. The van der Waals surface area contributed by atoms with Crippen LogP contribution in [0.5, 0.6) is 0 Å². The van der Waals surface area contributed by atoms with Crippen LogP contribution in [-0.2, 0) is 39.3 Å². The van der Waals surface area contributed by atoms with E-state index in [0.717, 1.165) is 0 Å². The van der Waals surface area contributed by atoms with Gasteiger partial charge >= 0.3 is 20.8 Å². The Kier molecular flexibility index (Phi) is 6.76. The molecule has 1 unspecified atom stereocenters. The molecule has 0 aromatic rings. The second-order valence-electron chi connectivity index (χ2n) is 3.26. The molecule has 0 saturated heterocycles. The number of rotatable bonds is 9. The van der Waals surface area contributed by atoms with Crippen LogP contribution in [0.3, 0.4) is 0 Å². The van der Waals surface area contributed by atoms with Crippen molar-refractivity contribution in [2.75, 3.05) is 12.4 Å². The molecule has 3 N–H and O–H groups in total. The van der Waals surface area contributed by atoms with Crippen molar-refractivity contribution in [2.45, 2.75) is 18.9 Å². The molecule has 0 aliphatic rings. The summed E-state index contributed by atoms with van der Waals surface area (Å²) in [4.78, 5) is 0. The minimum absolute atomic E-state index is 0.477. The van der Waals surface area contributed by atoms with Crippen LogP contribution in [0, 0.1) is 0 Å². The van der Waals surface area contributed by atoms with Gasteiger partial charge in [-0.2, -0.15) is 25.3 Å². The van der Waals surface area contributed by atoms with Gasteiger partial charge in [0.05, 0.1) is 18.5 Å². The highest BCUT2D eigenvalue weighted by molar-refractivity contribution is 7.85. The SMILES string of the molecule is O=S(=O)(O)CCC(CCOS(=O)(=O)O)OS(=O)(=O)O. The first-order valence-corrected chi connectivity index (χ1v) is 8.85. The van der Waals surface area contributed by atoms with Crippen molar-refractivity contribution in [2.24, 2.45) is 0 Å². The number of hydrogen-bond donors (Lipinski definition) is 3. The zero-order chi connectivity index (χ0) is 15.3. The van der Waals surface area contributed by atoms with E-state index in [9.17, 15) is 25.3 Å². The molecule has 0 aromatic heterocycles. The van der Waals surface area contributed by atoms with Crippen LogP contribution in [0.1, 0.15) is 12.8 Å². The highest BCUT2D eigenvalue weighted by atomic mass is 32.3. The summed E-state index contributed by atoms with van der Waals surface area (Å²) in [5.41, 5.74) is 0. The van der Waals surface area contributed by atoms with Gasteiger partial charge < -0.3 is 0 Å². The summed E-state index contributed by atoms with van der Waals surface area (Å²) in [6, 6.07) is 0. The molecule has 0 rings (SSSR count). The van der Waals surface area contributed by atoms with Crippen molar-refractivity contribution in [3.05, 3.63) is 0 Å². The average Bonchev–Trinajstić information content (AvgIpc) is 2.08. The maximum absolute atomic E-state index is 10.5. The lowest BCUT2D eigenvalue weighted by atomic mass is 10.2. The Morgan fingerprint density at radius 2 is 1.37 bits per heavy atom. The van der Waals surface area contributed by atoms with E-state index in [0.29, 0.717) is 0 Å². The first-order chi connectivity index (χ1) is 8.29. The van der Waals surface area contributed by atoms with Gasteiger partial charge in [0, 0.05) is 6.42 Å². The molecule has 14 heteroatoms. The first kappa shape index (κ1) is 18.7. The van der Waals surface area contributed by atoms with Crippen LogP contribution in [0.25, 0.3) is 0 Å². The molecule has 0 fully saturated rings. The van der Waals surface area contributed by atoms with E-state index in [2.05, 4.69) is 8.37 Å². The summed E-state index contributed by atoms with van der Waals surface area (Å²) in [5.74, 6) is -0.876. The topological polar surface area (TPSA) is 182 Å². The third-order valence-electron chi connectivity index (χ3n) is 1.63. The molecule has 0 amide bonds. The van der Waals surface area contributed by atoms with Crippen LogP contribution in [-0.4, -0.2) is 57.4 Å². The van der Waals surface area contributed by atoms with Crippen LogP contribution in [0.15, 0.2) is 0 Å². The van der Waals surface area contributed by atoms with Gasteiger partial charge in [0.15, 0.2) is 0 Å². The normalized spacial score (nSPS) is 15.3. The molecule has 0 saturated carbocycles. The fourth-order valence-corrected chi connectivity index (χ4v) is 2.38. The largest absolute Gasteiger partial charge is 0.397 e. The lowest BCUT2D eigenvalue weighted by molar-refractivity contribution is 0.143. The zero-order valence-electron chi connectivity index (χ0n) is 9.24. The standard InChI is InChI=1S/C5H12O11S3/c6-17(7,8)4-2-5(16-19(12,13)14)1-3-15-18(9,10)11/h5H,1-4H2,(H,6,7,8)(H,9,10,11)(H,12,13,14). The van der Waals surface area contributed by atoms with E-state index in [4.69, 9.17) is 13.7 Å². The molecule has 0 bridgehead atoms. The van der Waals surface area contributed by atoms with Crippen LogP contribution >= 0.6 is 0 Å². The highest BCUT2D eigenvalue weighted by Crippen LogP contribution is 2.10. The van der Waals surface area contributed by atoms with Gasteiger partial charge in [-0.15, -0.1) is 0 Å². The maximum Gasteiger partial charge on any atom is 0.397 e. The fourth-order valence-electron chi connectivity index (χ4n) is 0.978. The van der Waals surface area contributed by atoms with E-state index in [-0.39, 0.29) is 0 Å². The minimum atomic E-state index is -4.90. The van der Waals surface area contributed by atoms with Crippen molar-refractivity contribution in [1.29, 1.82) is 0 Å². The predicted octanol–water partition coefficient (Wildman–Crippen LogP) is -1.34. The Hall–Kier alpha value is -0.350. The fraction of sp³-hybridized carbons (Fsp3) is 1.00. The van der Waals surface area contributed by atoms with Gasteiger partial charge in [-0.25, -0.2) is 8.37 Å². The Labute approximate surface area is 110 Å². The van der Waals surface area contributed by atoms with Gasteiger partial charge in [0.1, 0.15) is 0 Å². The Balaban J connectivity index is 4.51. The van der Waals surface area contributed by atoms with Crippen molar-refractivity contribution in [1.82, 2.24) is 0 Å². The molecule has 11 nitrogen and oxygen atoms in total. The molecule has 1 atom stereocenters. The Morgan fingerprint density at radius 3 is 1.74 bits per heavy atom. The minimum Gasteiger partial charge on any atom is -0.286 e. The van der Waals surface area contributed by atoms with Gasteiger partial charge in [0.2, 0.25) is 0 Å². The predicted molar refractivity (Wildman–Crippen MR) is 59.6 cm³/mol. The molecular weight excluding hydrogens is 332 g/mol. The number of hydrogen-bond acceptors (Lipinski definition) is 8. The van der Waals surface area contributed by atoms with Gasteiger partial charge in [0.25, 0.3) is 10.1 Å². The summed E-state index contributed by atoms with van der Waals surface area (Å²) >= 11 is 0. The Morgan fingerprint density at radius 1 is 0.842 bits per heavy atom. The lowest BCUT2D eigenvalue weighted by Gasteiger charge is -2.13. The van der Waals surface area contributed by atoms with Crippen molar-refractivity contribution in [3.8, 4) is 0 Å². The summed E-state index contributed by atoms with van der Waals surface area (Å²) in [6.45, 7) is -0.718. The van der Waals surface area contributed by atoms with Crippen molar-refractivity contribution >= 4 is 30.9 Å². The highest BCUT2D eigenvalue weighted by Gasteiger charge is 2.20. The van der Waals surface area contributed by atoms with Crippen molar-refractivity contribution < 1.29 is 47.3 Å². The molecule has 19 heavy (non-hydrogen) atoms. The van der Waals surface area contributed by atoms with E-state index in [1.165, 1.54) is 0 Å². The molecule has 0 aromatic carbocycles. The summed E-state index contributed by atoms with van der Waals surface area (Å²) in [5, 5.41) is 0. The maximum atomic E-state index is 10.5. The van der Waals surface area contributed by atoms with E-state index < -0.39 is 62.2 Å².